The maximum absolute atomic E-state index is 11.3. The van der Waals surface area contributed by atoms with E-state index in [1.54, 1.807) is 0 Å². The van der Waals surface area contributed by atoms with Crippen molar-refractivity contribution < 1.29 is 37.8 Å². The average Bonchev–Trinajstić information content (AvgIpc) is 2.20. The van der Waals surface area contributed by atoms with Crippen LogP contribution in [0.5, 0.6) is 0 Å². The molecule has 0 aromatic heterocycles. The predicted octanol–water partition coefficient (Wildman–Crippen LogP) is -0.159. The summed E-state index contributed by atoms with van der Waals surface area (Å²) in [4.78, 5) is 0. The lowest BCUT2D eigenvalue weighted by Crippen LogP contribution is -2.40. The van der Waals surface area contributed by atoms with Crippen LogP contribution in [0.3, 0.4) is 0 Å². The Balaban J connectivity index is 2.92. The van der Waals surface area contributed by atoms with Crippen LogP contribution in [0.25, 0.3) is 0 Å². The third-order valence-corrected chi connectivity index (χ3v) is 5.17. The van der Waals surface area contributed by atoms with E-state index >= 15 is 0 Å². The largest absolute Gasteiger partial charge is 0.267 e. The molecule has 0 spiro atoms. The molecule has 0 radical (unpaired) electrons. The highest BCUT2D eigenvalue weighted by atomic mass is 32.2. The van der Waals surface area contributed by atoms with Crippen LogP contribution in [0, 0.1) is 5.92 Å². The molecule has 9 nitrogen and oxygen atoms in total. The third kappa shape index (κ3) is 8.96. The van der Waals surface area contributed by atoms with E-state index in [-0.39, 0.29) is 19.3 Å². The monoisotopic (exact) mass is 394 g/mol. The van der Waals surface area contributed by atoms with Gasteiger partial charge < -0.3 is 0 Å². The van der Waals surface area contributed by atoms with E-state index in [0.717, 1.165) is 18.8 Å². The molecule has 138 valence electrons. The van der Waals surface area contributed by atoms with Crippen molar-refractivity contribution in [2.45, 2.75) is 44.5 Å². The van der Waals surface area contributed by atoms with Gasteiger partial charge in [0.25, 0.3) is 30.4 Å². The molecule has 0 heterocycles. The zero-order valence-electron chi connectivity index (χ0n) is 13.3. The molecule has 3 unspecified atom stereocenters. The number of hydrogen-bond donors (Lipinski definition) is 0. The van der Waals surface area contributed by atoms with Gasteiger partial charge in [-0.15, -0.1) is 0 Å². The van der Waals surface area contributed by atoms with E-state index in [9.17, 15) is 25.3 Å². The average molecular weight is 394 g/mol. The summed E-state index contributed by atoms with van der Waals surface area (Å²) in [6.07, 6.45) is 0.812. The molecule has 0 aliphatic heterocycles. The first-order valence-electron chi connectivity index (χ1n) is 6.79. The fraction of sp³-hybridized carbons (Fsp3) is 1.00. The van der Waals surface area contributed by atoms with Gasteiger partial charge in [-0.2, -0.15) is 25.3 Å². The molecule has 3 atom stereocenters. The lowest BCUT2D eigenvalue weighted by atomic mass is 9.82. The molecule has 1 aliphatic rings. The van der Waals surface area contributed by atoms with E-state index in [1.807, 2.05) is 0 Å². The molecule has 1 aliphatic carbocycles. The number of hydrogen-bond acceptors (Lipinski definition) is 9. The molecule has 0 saturated heterocycles. The van der Waals surface area contributed by atoms with Crippen molar-refractivity contribution in [1.82, 2.24) is 0 Å². The van der Waals surface area contributed by atoms with E-state index < -0.39 is 54.6 Å². The Hall–Kier alpha value is -0.270. The highest BCUT2D eigenvalue weighted by Gasteiger charge is 2.37. The minimum Gasteiger partial charge on any atom is -0.267 e. The second kappa shape index (κ2) is 7.31. The second-order valence-corrected chi connectivity index (χ2v) is 10.6. The summed E-state index contributed by atoms with van der Waals surface area (Å²) in [6.45, 7) is 1.52. The molecule has 0 aromatic rings. The zero-order chi connectivity index (χ0) is 18.1. The smallest absolute Gasteiger partial charge is 0.264 e. The Morgan fingerprint density at radius 2 is 1.13 bits per heavy atom. The van der Waals surface area contributed by atoms with Gasteiger partial charge in [-0.1, -0.05) is 0 Å². The number of rotatable bonds is 7. The fourth-order valence-corrected chi connectivity index (χ4v) is 4.66. The lowest BCUT2D eigenvalue weighted by molar-refractivity contribution is 0.0112. The lowest BCUT2D eigenvalue weighted by Gasteiger charge is -2.35. The molecular weight excluding hydrogens is 372 g/mol. The van der Waals surface area contributed by atoms with Gasteiger partial charge in [-0.3, -0.25) is 12.5 Å². The van der Waals surface area contributed by atoms with Gasteiger partial charge >= 0.3 is 0 Å². The van der Waals surface area contributed by atoms with Gasteiger partial charge in [0.05, 0.1) is 37.1 Å². The van der Waals surface area contributed by atoms with Crippen LogP contribution in [0.1, 0.15) is 26.2 Å². The SMILES string of the molecule is CC(OS(C)(=O)=O)C1CC(OS(C)(=O)=O)CC(OS(C)(=O)=O)C1. The molecule has 12 heteroatoms. The van der Waals surface area contributed by atoms with Crippen molar-refractivity contribution in [3.05, 3.63) is 0 Å². The highest BCUT2D eigenvalue weighted by molar-refractivity contribution is 7.86. The minimum absolute atomic E-state index is 0.0717. The molecule has 0 N–H and O–H groups in total. The van der Waals surface area contributed by atoms with Gasteiger partial charge in [0, 0.05) is 6.42 Å². The van der Waals surface area contributed by atoms with Crippen molar-refractivity contribution in [3.63, 3.8) is 0 Å². The standard InChI is InChI=1S/C11H22O9S3/c1-8(18-21(2,12)13)9-5-10(19-22(3,14)15)7-11(6-9)20-23(4,16)17/h8-11H,5-7H2,1-4H3. The van der Waals surface area contributed by atoms with Crippen molar-refractivity contribution in [2.24, 2.45) is 5.92 Å². The summed E-state index contributed by atoms with van der Waals surface area (Å²) >= 11 is 0. The van der Waals surface area contributed by atoms with E-state index in [0.29, 0.717) is 0 Å². The van der Waals surface area contributed by atoms with E-state index in [1.165, 1.54) is 6.92 Å². The second-order valence-electron chi connectivity index (χ2n) is 5.82. The molecular formula is C11H22O9S3. The Kier molecular flexibility index (Phi) is 6.61. The van der Waals surface area contributed by atoms with E-state index in [2.05, 4.69) is 0 Å². The highest BCUT2D eigenvalue weighted by Crippen LogP contribution is 2.33. The van der Waals surface area contributed by atoms with Gasteiger partial charge in [-0.25, -0.2) is 0 Å². The quantitative estimate of drug-likeness (QED) is 0.541. The molecule has 0 amide bonds. The van der Waals surface area contributed by atoms with E-state index in [4.69, 9.17) is 12.5 Å². The van der Waals surface area contributed by atoms with Gasteiger partial charge in [-0.05, 0) is 25.7 Å². The third-order valence-electron chi connectivity index (χ3n) is 3.27. The Bertz CT molecular complexity index is 666. The first kappa shape index (κ1) is 20.8. The summed E-state index contributed by atoms with van der Waals surface area (Å²) < 4.78 is 82.4. The van der Waals surface area contributed by atoms with Crippen LogP contribution >= 0.6 is 0 Å². The molecule has 0 aromatic carbocycles. The normalized spacial score (nSPS) is 28.4. The molecule has 1 rings (SSSR count). The van der Waals surface area contributed by atoms with Crippen LogP contribution in [-0.4, -0.2) is 62.3 Å². The summed E-state index contributed by atoms with van der Waals surface area (Å²) in [7, 11) is -11.2. The van der Waals surface area contributed by atoms with Crippen LogP contribution in [0.2, 0.25) is 0 Å². The van der Waals surface area contributed by atoms with Crippen molar-refractivity contribution in [1.29, 1.82) is 0 Å². The Labute approximate surface area is 137 Å². The van der Waals surface area contributed by atoms with Gasteiger partial charge in [0.15, 0.2) is 0 Å². The molecule has 1 saturated carbocycles. The maximum atomic E-state index is 11.3. The summed E-state index contributed by atoms with van der Waals surface area (Å²) in [5.41, 5.74) is 0. The summed E-state index contributed by atoms with van der Waals surface area (Å²) in [5.74, 6) is -0.433. The van der Waals surface area contributed by atoms with Crippen LogP contribution in [0.4, 0.5) is 0 Å². The Morgan fingerprint density at radius 3 is 1.43 bits per heavy atom. The maximum Gasteiger partial charge on any atom is 0.264 e. The van der Waals surface area contributed by atoms with Crippen LogP contribution in [-0.2, 0) is 42.9 Å². The fourth-order valence-electron chi connectivity index (χ4n) is 2.65. The summed E-state index contributed by atoms with van der Waals surface area (Å²) in [6, 6.07) is 0. The molecule has 23 heavy (non-hydrogen) atoms. The van der Waals surface area contributed by atoms with Gasteiger partial charge in [0.1, 0.15) is 0 Å². The van der Waals surface area contributed by atoms with Crippen molar-refractivity contribution in [3.8, 4) is 0 Å². The zero-order valence-corrected chi connectivity index (χ0v) is 15.8. The van der Waals surface area contributed by atoms with Crippen molar-refractivity contribution >= 4 is 30.4 Å². The predicted molar refractivity (Wildman–Crippen MR) is 82.2 cm³/mol. The summed E-state index contributed by atoms with van der Waals surface area (Å²) in [5, 5.41) is 0. The molecule has 0 bridgehead atoms. The Morgan fingerprint density at radius 1 is 0.739 bits per heavy atom. The minimum atomic E-state index is -3.74. The van der Waals surface area contributed by atoms with Crippen LogP contribution in [0.15, 0.2) is 0 Å². The van der Waals surface area contributed by atoms with Gasteiger partial charge in [0.2, 0.25) is 0 Å². The van der Waals surface area contributed by atoms with Crippen LogP contribution < -0.4 is 0 Å². The van der Waals surface area contributed by atoms with Crippen molar-refractivity contribution in [2.75, 3.05) is 18.8 Å². The topological polar surface area (TPSA) is 130 Å². The first-order valence-corrected chi connectivity index (χ1v) is 12.2. The first-order chi connectivity index (χ1) is 10.1. The molecule has 1 fully saturated rings.